The van der Waals surface area contributed by atoms with E-state index in [4.69, 9.17) is 9.47 Å². The van der Waals surface area contributed by atoms with E-state index in [1.807, 2.05) is 0 Å². The highest BCUT2D eigenvalue weighted by molar-refractivity contribution is 7.21. The molecule has 2 aliphatic rings. The van der Waals surface area contributed by atoms with Gasteiger partial charge >= 0.3 is 5.69 Å². The first kappa shape index (κ1) is 29.3. The first-order valence-electron chi connectivity index (χ1n) is 14.4. The van der Waals surface area contributed by atoms with Crippen molar-refractivity contribution >= 4 is 27.5 Å². The third-order valence-corrected chi connectivity index (χ3v) is 9.83. The quantitative estimate of drug-likeness (QED) is 0.325. The zero-order valence-electron chi connectivity index (χ0n) is 24.2. The Balaban J connectivity index is 1.55. The molecule has 43 heavy (non-hydrogen) atoms. The summed E-state index contributed by atoms with van der Waals surface area (Å²) in [6.45, 7) is 2.16. The summed E-state index contributed by atoms with van der Waals surface area (Å²) in [5.74, 6) is -0.392. The number of aryl methyl sites for hydroxylation is 1. The second kappa shape index (κ2) is 11.7. The molecule has 1 saturated heterocycles. The number of amides is 1. The van der Waals surface area contributed by atoms with E-state index in [0.717, 1.165) is 4.57 Å². The summed E-state index contributed by atoms with van der Waals surface area (Å²) >= 11 is 1.25. The van der Waals surface area contributed by atoms with E-state index in [0.29, 0.717) is 70.7 Å². The van der Waals surface area contributed by atoms with Crippen molar-refractivity contribution in [2.75, 3.05) is 20.7 Å². The van der Waals surface area contributed by atoms with Crippen LogP contribution in [0.1, 0.15) is 55.4 Å². The summed E-state index contributed by atoms with van der Waals surface area (Å²) in [4.78, 5) is 43.4. The second-order valence-electron chi connectivity index (χ2n) is 11.2. The van der Waals surface area contributed by atoms with Gasteiger partial charge in [0.1, 0.15) is 33.5 Å². The molecule has 4 heterocycles. The molecule has 1 amide bonds. The predicted octanol–water partition coefficient (Wildman–Crippen LogP) is 3.33. The van der Waals surface area contributed by atoms with Gasteiger partial charge in [0, 0.05) is 37.1 Å². The number of likely N-dealkylation sites (N-methyl/N-ethyl adjacent to an activating group) is 1. The number of halogens is 1. The van der Waals surface area contributed by atoms with Crippen molar-refractivity contribution in [3.05, 3.63) is 74.4 Å². The number of nitrogens with zero attached hydrogens (tertiary/aromatic N) is 5. The van der Waals surface area contributed by atoms with Gasteiger partial charge in [-0.1, -0.05) is 11.3 Å². The van der Waals surface area contributed by atoms with Gasteiger partial charge in [0.2, 0.25) is 5.91 Å². The standard InChI is InChI=1S/C30H34FN5O6S/c1-17-25-27(39)36(22-11-14-33(2)26(22)38)30(40)34(29(25)43-28(17)35-13-4-12-32-35)16-24(42-20-8-6-19(37)7-9-20)21-15-18(31)5-10-23(21)41-3/h4-5,10,12-13,15,19-20,22,24,37H,6-9,11,14,16H2,1-3H3/t19?,20?,22-,24+/m1/s1. The number of hydrogen-bond donors (Lipinski definition) is 1. The number of fused-ring (bicyclic) bond motifs is 1. The summed E-state index contributed by atoms with van der Waals surface area (Å²) in [5.41, 5.74) is -0.109. The summed E-state index contributed by atoms with van der Waals surface area (Å²) in [6.07, 6.45) is 4.58. The number of rotatable bonds is 8. The minimum absolute atomic E-state index is 0.0657. The van der Waals surface area contributed by atoms with Crippen molar-refractivity contribution in [2.45, 2.75) is 69.9 Å². The number of aliphatic hydroxyl groups is 1. The smallest absolute Gasteiger partial charge is 0.332 e. The number of carbonyl (C=O) groups excluding carboxylic acids is 1. The minimum atomic E-state index is -0.934. The maximum Gasteiger partial charge on any atom is 0.332 e. The molecule has 1 aliphatic carbocycles. The molecule has 0 unspecified atom stereocenters. The summed E-state index contributed by atoms with van der Waals surface area (Å²) < 4.78 is 31.0. The van der Waals surface area contributed by atoms with Gasteiger partial charge in [-0.2, -0.15) is 5.10 Å². The number of thiophene rings is 1. The topological polar surface area (TPSA) is 121 Å². The molecule has 1 N–H and O–H groups in total. The molecule has 1 aliphatic heterocycles. The van der Waals surface area contributed by atoms with Crippen LogP contribution in [0.3, 0.4) is 0 Å². The molecule has 2 atom stereocenters. The Kier molecular flexibility index (Phi) is 7.96. The molecule has 228 valence electrons. The Morgan fingerprint density at radius 3 is 2.58 bits per heavy atom. The van der Waals surface area contributed by atoms with Crippen LogP contribution in [0.15, 0.2) is 46.2 Å². The first-order chi connectivity index (χ1) is 20.7. The largest absolute Gasteiger partial charge is 0.496 e. The fourth-order valence-electron chi connectivity index (χ4n) is 6.19. The highest BCUT2D eigenvalue weighted by atomic mass is 32.1. The third kappa shape index (κ3) is 5.30. The molecule has 11 nitrogen and oxygen atoms in total. The number of hydrogen-bond acceptors (Lipinski definition) is 8. The van der Waals surface area contributed by atoms with E-state index >= 15 is 0 Å². The Morgan fingerprint density at radius 1 is 1.16 bits per heavy atom. The summed E-state index contributed by atoms with van der Waals surface area (Å²) in [6, 6.07) is 4.98. The van der Waals surface area contributed by atoms with Crippen molar-refractivity contribution < 1.29 is 23.8 Å². The maximum atomic E-state index is 14.7. The van der Waals surface area contributed by atoms with Crippen LogP contribution in [-0.4, -0.2) is 67.7 Å². The van der Waals surface area contributed by atoms with Crippen LogP contribution in [0.5, 0.6) is 5.75 Å². The molecule has 0 radical (unpaired) electrons. The van der Waals surface area contributed by atoms with E-state index in [1.54, 1.807) is 37.1 Å². The molecule has 2 fully saturated rings. The number of ether oxygens (including phenoxy) is 2. The van der Waals surface area contributed by atoms with Crippen molar-refractivity contribution in [1.29, 1.82) is 0 Å². The molecule has 0 bridgehead atoms. The third-order valence-electron chi connectivity index (χ3n) is 8.53. The van der Waals surface area contributed by atoms with Crippen LogP contribution in [0, 0.1) is 12.7 Å². The lowest BCUT2D eigenvalue weighted by molar-refractivity contribution is -0.129. The van der Waals surface area contributed by atoms with Gasteiger partial charge in [0.05, 0.1) is 31.2 Å². The molecule has 6 rings (SSSR count). The van der Waals surface area contributed by atoms with Crippen molar-refractivity contribution in [3.8, 4) is 10.8 Å². The molecule has 3 aromatic heterocycles. The molecule has 1 saturated carbocycles. The minimum Gasteiger partial charge on any atom is -0.496 e. The van der Waals surface area contributed by atoms with Crippen LogP contribution < -0.4 is 16.0 Å². The van der Waals surface area contributed by atoms with Gasteiger partial charge in [0.15, 0.2) is 0 Å². The Labute approximate surface area is 250 Å². The average molecular weight is 612 g/mol. The predicted molar refractivity (Wildman–Crippen MR) is 159 cm³/mol. The van der Waals surface area contributed by atoms with Gasteiger partial charge in [-0.25, -0.2) is 18.4 Å². The van der Waals surface area contributed by atoms with E-state index in [9.17, 15) is 23.9 Å². The number of carbonyl (C=O) groups is 1. The number of aliphatic hydroxyl groups excluding tert-OH is 1. The van der Waals surface area contributed by atoms with Crippen LogP contribution >= 0.6 is 11.3 Å². The van der Waals surface area contributed by atoms with Crippen LogP contribution in [0.4, 0.5) is 4.39 Å². The van der Waals surface area contributed by atoms with Gasteiger partial charge < -0.3 is 19.5 Å². The number of benzene rings is 1. The lowest BCUT2D eigenvalue weighted by atomic mass is 9.94. The summed E-state index contributed by atoms with van der Waals surface area (Å²) in [7, 11) is 3.13. The normalized spacial score (nSPS) is 21.6. The summed E-state index contributed by atoms with van der Waals surface area (Å²) in [5, 5.41) is 15.4. The fraction of sp³-hybridized carbons (Fsp3) is 0.467. The maximum absolute atomic E-state index is 14.7. The lowest BCUT2D eigenvalue weighted by Crippen LogP contribution is -2.45. The molecular formula is C30H34FN5O6S. The van der Waals surface area contributed by atoms with E-state index in [1.165, 1.54) is 46.1 Å². The molecule has 4 aromatic rings. The second-order valence-corrected chi connectivity index (χ2v) is 12.2. The molecule has 1 aromatic carbocycles. The Morgan fingerprint density at radius 2 is 1.93 bits per heavy atom. The van der Waals surface area contributed by atoms with Gasteiger partial charge in [-0.15, -0.1) is 0 Å². The van der Waals surface area contributed by atoms with Crippen molar-refractivity contribution in [3.63, 3.8) is 0 Å². The van der Waals surface area contributed by atoms with Crippen LogP contribution in [0.25, 0.3) is 15.2 Å². The van der Waals surface area contributed by atoms with Gasteiger partial charge in [-0.05, 0) is 63.3 Å². The zero-order chi connectivity index (χ0) is 30.4. The Bertz CT molecular complexity index is 1770. The molecule has 13 heteroatoms. The zero-order valence-corrected chi connectivity index (χ0v) is 25.1. The van der Waals surface area contributed by atoms with Gasteiger partial charge in [0.25, 0.3) is 5.56 Å². The highest BCUT2D eigenvalue weighted by Gasteiger charge is 2.36. The van der Waals surface area contributed by atoms with E-state index in [-0.39, 0.29) is 18.6 Å². The Hall–Kier alpha value is -3.81. The molecular weight excluding hydrogens is 577 g/mol. The highest BCUT2D eigenvalue weighted by Crippen LogP contribution is 2.36. The van der Waals surface area contributed by atoms with Gasteiger partial charge in [-0.3, -0.25) is 14.2 Å². The first-order valence-corrected chi connectivity index (χ1v) is 15.2. The van der Waals surface area contributed by atoms with Crippen LogP contribution in [0.2, 0.25) is 0 Å². The SMILES string of the molecule is COc1ccc(F)cc1[C@H](Cn1c(=O)n([C@@H]2CCN(C)C2=O)c(=O)c2c(C)c(-n3cccn3)sc21)OC1CCC(O)CC1. The fourth-order valence-corrected chi connectivity index (χ4v) is 7.44. The number of aromatic nitrogens is 4. The number of likely N-dealkylation sites (tertiary alicyclic amines) is 1. The van der Waals surface area contributed by atoms with Crippen LogP contribution in [-0.2, 0) is 16.1 Å². The molecule has 0 spiro atoms. The number of methoxy groups -OCH3 is 1. The monoisotopic (exact) mass is 611 g/mol. The average Bonchev–Trinajstić information content (AvgIpc) is 3.72. The van der Waals surface area contributed by atoms with Crippen molar-refractivity contribution in [2.24, 2.45) is 0 Å². The van der Waals surface area contributed by atoms with E-state index < -0.39 is 35.3 Å². The van der Waals surface area contributed by atoms with E-state index in [2.05, 4.69) is 5.10 Å². The lowest BCUT2D eigenvalue weighted by Gasteiger charge is -2.31. The van der Waals surface area contributed by atoms with Crippen molar-refractivity contribution in [1.82, 2.24) is 23.8 Å².